The molecular weight excluding hydrogens is 430 g/mol. The van der Waals surface area contributed by atoms with Gasteiger partial charge < -0.3 is 18.9 Å². The lowest BCUT2D eigenvalue weighted by Gasteiger charge is -2.45. The van der Waals surface area contributed by atoms with Gasteiger partial charge in [-0.3, -0.25) is 9.59 Å². The van der Waals surface area contributed by atoms with E-state index >= 15 is 0 Å². The molecule has 146 valence electrons. The standard InChI is InChI=1S/C16H18Cl4O6/c1-6-7-13(12(22)24-3)8(11(21)23-2)14(19)9(17)10(18)15(13,20)16(14,25-4)26-5/h6,8H,1,7H2,2-5H3/t8?,13?,14-,15-/m1/s1. The second-order valence-electron chi connectivity index (χ2n) is 5.93. The molecule has 0 aromatic carbocycles. The molecule has 4 atom stereocenters. The van der Waals surface area contributed by atoms with Crippen molar-refractivity contribution in [2.75, 3.05) is 28.4 Å². The lowest BCUT2D eigenvalue weighted by molar-refractivity contribution is -0.224. The fourth-order valence-corrected chi connectivity index (χ4v) is 6.64. The molecule has 2 unspecified atom stereocenters. The minimum atomic E-state index is -1.98. The number of hydrogen-bond donors (Lipinski definition) is 0. The van der Waals surface area contributed by atoms with Crippen molar-refractivity contribution < 1.29 is 28.5 Å². The Hall–Kier alpha value is -0.500. The van der Waals surface area contributed by atoms with Gasteiger partial charge in [-0.2, -0.15) is 0 Å². The minimum absolute atomic E-state index is 0.133. The van der Waals surface area contributed by atoms with Crippen molar-refractivity contribution in [2.45, 2.75) is 22.0 Å². The predicted molar refractivity (Wildman–Crippen MR) is 97.4 cm³/mol. The molecule has 26 heavy (non-hydrogen) atoms. The molecule has 0 amide bonds. The maximum Gasteiger partial charge on any atom is 0.315 e. The number of fused-ring (bicyclic) bond motifs is 2. The summed E-state index contributed by atoms with van der Waals surface area (Å²) in [5, 5.41) is -0.342. The fourth-order valence-electron chi connectivity index (χ4n) is 4.35. The van der Waals surface area contributed by atoms with Crippen molar-refractivity contribution in [1.29, 1.82) is 0 Å². The Kier molecular flexibility index (Phi) is 5.73. The minimum Gasteiger partial charge on any atom is -0.469 e. The van der Waals surface area contributed by atoms with Crippen molar-refractivity contribution in [3.8, 4) is 0 Å². The predicted octanol–water partition coefficient (Wildman–Crippen LogP) is 3.17. The van der Waals surface area contributed by atoms with Crippen molar-refractivity contribution in [3.63, 3.8) is 0 Å². The van der Waals surface area contributed by atoms with E-state index in [-0.39, 0.29) is 16.5 Å². The molecule has 2 bridgehead atoms. The first-order valence-corrected chi connectivity index (χ1v) is 8.91. The third kappa shape index (κ3) is 1.93. The third-order valence-electron chi connectivity index (χ3n) is 5.28. The van der Waals surface area contributed by atoms with Crippen molar-refractivity contribution in [3.05, 3.63) is 22.7 Å². The van der Waals surface area contributed by atoms with E-state index in [0.717, 1.165) is 14.2 Å². The summed E-state index contributed by atoms with van der Waals surface area (Å²) in [6, 6.07) is 0. The highest BCUT2D eigenvalue weighted by Gasteiger charge is 2.93. The van der Waals surface area contributed by atoms with E-state index in [1.807, 2.05) is 0 Å². The molecule has 0 saturated heterocycles. The Morgan fingerprint density at radius 1 is 1.08 bits per heavy atom. The largest absolute Gasteiger partial charge is 0.469 e. The number of allylic oxidation sites excluding steroid dienone is 1. The van der Waals surface area contributed by atoms with Gasteiger partial charge in [-0.1, -0.05) is 29.3 Å². The van der Waals surface area contributed by atoms with E-state index in [1.165, 1.54) is 20.3 Å². The normalized spacial score (nSPS) is 37.6. The van der Waals surface area contributed by atoms with E-state index < -0.39 is 38.8 Å². The van der Waals surface area contributed by atoms with Crippen LogP contribution in [0.5, 0.6) is 0 Å². The summed E-state index contributed by atoms with van der Waals surface area (Å²) >= 11 is 26.7. The SMILES string of the molecule is C=CCC1(C(=O)OC)C(C(=O)OC)[C@@]2(Cl)C(Cl)=C(Cl)[C@]1(Cl)C2(OC)OC. The van der Waals surface area contributed by atoms with Gasteiger partial charge in [0, 0.05) is 14.2 Å². The number of esters is 2. The molecule has 0 heterocycles. The van der Waals surface area contributed by atoms with Crippen LogP contribution in [0.1, 0.15) is 6.42 Å². The van der Waals surface area contributed by atoms with Crippen LogP contribution in [-0.2, 0) is 28.5 Å². The highest BCUT2D eigenvalue weighted by atomic mass is 35.5. The van der Waals surface area contributed by atoms with Crippen LogP contribution < -0.4 is 0 Å². The summed E-state index contributed by atoms with van der Waals surface area (Å²) in [4.78, 5) is 21.9. The molecule has 2 aliphatic carbocycles. The van der Waals surface area contributed by atoms with Gasteiger partial charge in [-0.25, -0.2) is 0 Å². The number of methoxy groups -OCH3 is 4. The summed E-state index contributed by atoms with van der Waals surface area (Å²) in [6.07, 6.45) is 1.26. The van der Waals surface area contributed by atoms with Gasteiger partial charge >= 0.3 is 11.9 Å². The average molecular weight is 448 g/mol. The Balaban J connectivity index is 3.07. The summed E-state index contributed by atoms with van der Waals surface area (Å²) in [6.45, 7) is 3.65. The number of rotatable bonds is 6. The lowest BCUT2D eigenvalue weighted by atomic mass is 9.65. The first-order chi connectivity index (χ1) is 12.1. The Bertz CT molecular complexity index is 690. The fraction of sp³-hybridized carbons (Fsp3) is 0.625. The number of carbonyl (C=O) groups excluding carboxylic acids is 2. The molecule has 1 fully saturated rings. The lowest BCUT2D eigenvalue weighted by Crippen LogP contribution is -2.60. The van der Waals surface area contributed by atoms with E-state index in [0.29, 0.717) is 0 Å². The molecule has 2 rings (SSSR count). The van der Waals surface area contributed by atoms with Crippen molar-refractivity contribution in [1.82, 2.24) is 0 Å². The van der Waals surface area contributed by atoms with Crippen LogP contribution in [0.25, 0.3) is 0 Å². The average Bonchev–Trinajstić information content (AvgIpc) is 2.87. The highest BCUT2D eigenvalue weighted by Crippen LogP contribution is 2.79. The molecule has 0 spiro atoms. The first-order valence-electron chi connectivity index (χ1n) is 7.40. The van der Waals surface area contributed by atoms with Gasteiger partial charge in [0.2, 0.25) is 5.79 Å². The van der Waals surface area contributed by atoms with E-state index in [9.17, 15) is 9.59 Å². The van der Waals surface area contributed by atoms with Crippen LogP contribution in [0, 0.1) is 11.3 Å². The number of halogens is 4. The summed E-state index contributed by atoms with van der Waals surface area (Å²) in [5.41, 5.74) is -1.85. The molecule has 0 aliphatic heterocycles. The van der Waals surface area contributed by atoms with E-state index in [1.54, 1.807) is 0 Å². The number of ether oxygens (including phenoxy) is 4. The zero-order valence-corrected chi connectivity index (χ0v) is 17.6. The molecule has 0 aromatic rings. The first kappa shape index (κ1) is 21.8. The molecule has 0 radical (unpaired) electrons. The maximum absolute atomic E-state index is 13.0. The Morgan fingerprint density at radius 2 is 1.62 bits per heavy atom. The van der Waals surface area contributed by atoms with Gasteiger partial charge in [0.05, 0.1) is 24.3 Å². The van der Waals surface area contributed by atoms with Gasteiger partial charge in [-0.05, 0) is 6.42 Å². The molecule has 1 saturated carbocycles. The van der Waals surface area contributed by atoms with Gasteiger partial charge in [0.1, 0.15) is 11.3 Å². The molecule has 10 heteroatoms. The van der Waals surface area contributed by atoms with Gasteiger partial charge in [-0.15, -0.1) is 29.8 Å². The Labute approximate surface area is 171 Å². The van der Waals surface area contributed by atoms with Crippen LogP contribution in [0.4, 0.5) is 0 Å². The molecular formula is C16H18Cl4O6. The van der Waals surface area contributed by atoms with E-state index in [4.69, 9.17) is 65.4 Å². The molecule has 0 aromatic heterocycles. The number of carbonyl (C=O) groups is 2. The third-order valence-corrected chi connectivity index (χ3v) is 7.96. The van der Waals surface area contributed by atoms with Crippen LogP contribution in [-0.4, -0.2) is 55.9 Å². The van der Waals surface area contributed by atoms with Crippen molar-refractivity contribution >= 4 is 58.3 Å². The quantitative estimate of drug-likeness (QED) is 0.269. The van der Waals surface area contributed by atoms with Crippen LogP contribution in [0.3, 0.4) is 0 Å². The Morgan fingerprint density at radius 3 is 2.00 bits per heavy atom. The van der Waals surface area contributed by atoms with Crippen LogP contribution >= 0.6 is 46.4 Å². The number of hydrogen-bond acceptors (Lipinski definition) is 6. The smallest absolute Gasteiger partial charge is 0.315 e. The van der Waals surface area contributed by atoms with Gasteiger partial charge in [0.25, 0.3) is 0 Å². The maximum atomic E-state index is 13.0. The highest BCUT2D eigenvalue weighted by molar-refractivity contribution is 6.53. The summed E-state index contributed by atoms with van der Waals surface area (Å²) in [5.74, 6) is -5.10. The molecule has 0 N–H and O–H groups in total. The second kappa shape index (κ2) is 6.83. The summed E-state index contributed by atoms with van der Waals surface area (Å²) in [7, 11) is 4.81. The zero-order chi connectivity index (χ0) is 20.1. The van der Waals surface area contributed by atoms with Crippen LogP contribution in [0.2, 0.25) is 0 Å². The molecule has 6 nitrogen and oxygen atoms in total. The summed E-state index contributed by atoms with van der Waals surface area (Å²) < 4.78 is 21.0. The second-order valence-corrected chi connectivity index (χ2v) is 7.85. The topological polar surface area (TPSA) is 71.1 Å². The van der Waals surface area contributed by atoms with Crippen LogP contribution in [0.15, 0.2) is 22.7 Å². The number of alkyl halides is 2. The zero-order valence-electron chi connectivity index (χ0n) is 14.5. The van der Waals surface area contributed by atoms with Crippen molar-refractivity contribution in [2.24, 2.45) is 11.3 Å². The van der Waals surface area contributed by atoms with E-state index in [2.05, 4.69) is 6.58 Å². The van der Waals surface area contributed by atoms with Gasteiger partial charge in [0.15, 0.2) is 9.75 Å². The monoisotopic (exact) mass is 446 g/mol. The molecule has 2 aliphatic rings.